The molecular weight excluding hydrogens is 335 g/mol. The predicted molar refractivity (Wildman–Crippen MR) is 85.9 cm³/mol. The van der Waals surface area contributed by atoms with E-state index >= 15 is 0 Å². The first kappa shape index (κ1) is 16.4. The molecule has 1 aromatic carbocycles. The van der Waals surface area contributed by atoms with Gasteiger partial charge in [-0.15, -0.1) is 0 Å². The molecule has 0 N–H and O–H groups in total. The molecule has 116 valence electrons. The number of piperazine rings is 1. The summed E-state index contributed by atoms with van der Waals surface area (Å²) < 4.78 is 14.0. The van der Waals surface area contributed by atoms with Crippen molar-refractivity contribution in [3.8, 4) is 0 Å². The van der Waals surface area contributed by atoms with Crippen LogP contribution in [-0.2, 0) is 0 Å². The Morgan fingerprint density at radius 1 is 1.19 bits per heavy atom. The number of benzene rings is 1. The van der Waals surface area contributed by atoms with E-state index in [-0.39, 0.29) is 17.1 Å². The summed E-state index contributed by atoms with van der Waals surface area (Å²) in [4.78, 5) is 16.6. The lowest BCUT2D eigenvalue weighted by atomic mass is 9.96. The van der Waals surface area contributed by atoms with E-state index in [1.807, 2.05) is 0 Å². The van der Waals surface area contributed by atoms with E-state index < -0.39 is 0 Å². The molecule has 0 radical (unpaired) electrons. The van der Waals surface area contributed by atoms with E-state index in [0.29, 0.717) is 23.1 Å². The van der Waals surface area contributed by atoms with Crippen LogP contribution in [0.1, 0.15) is 31.1 Å². The lowest BCUT2D eigenvalue weighted by Crippen LogP contribution is -2.50. The molecule has 1 aromatic rings. The normalized spacial score (nSPS) is 17.1. The quantitative estimate of drug-likeness (QED) is 0.810. The van der Waals surface area contributed by atoms with Crippen LogP contribution in [0.2, 0.25) is 0 Å². The second-order valence-corrected chi connectivity index (χ2v) is 7.70. The summed E-state index contributed by atoms with van der Waals surface area (Å²) in [6.45, 7) is 10.8. The molecule has 2 rings (SSSR count). The summed E-state index contributed by atoms with van der Waals surface area (Å²) in [5.41, 5.74) is 0.672. The van der Waals surface area contributed by atoms with Crippen LogP contribution in [0.25, 0.3) is 0 Å². The number of hydrogen-bond acceptors (Lipinski definition) is 2. The zero-order chi connectivity index (χ0) is 15.6. The second-order valence-electron chi connectivity index (χ2n) is 6.79. The van der Waals surface area contributed by atoms with Crippen LogP contribution in [0.5, 0.6) is 0 Å². The number of rotatable bonds is 2. The molecule has 21 heavy (non-hydrogen) atoms. The third-order valence-corrected chi connectivity index (χ3v) is 3.92. The summed E-state index contributed by atoms with van der Waals surface area (Å²) in [6.07, 6.45) is 0. The monoisotopic (exact) mass is 356 g/mol. The van der Waals surface area contributed by atoms with E-state index in [0.717, 1.165) is 19.6 Å². The first-order chi connectivity index (χ1) is 9.74. The molecule has 1 saturated heterocycles. The minimum Gasteiger partial charge on any atom is -0.336 e. The van der Waals surface area contributed by atoms with Gasteiger partial charge in [-0.2, -0.15) is 0 Å². The first-order valence-corrected chi connectivity index (χ1v) is 8.02. The first-order valence-electron chi connectivity index (χ1n) is 7.22. The molecule has 0 spiro atoms. The molecule has 0 saturated carbocycles. The largest absolute Gasteiger partial charge is 0.336 e. The van der Waals surface area contributed by atoms with Crippen molar-refractivity contribution in [2.45, 2.75) is 20.8 Å². The van der Waals surface area contributed by atoms with Gasteiger partial charge in [-0.25, -0.2) is 4.39 Å². The molecule has 1 aliphatic rings. The summed E-state index contributed by atoms with van der Waals surface area (Å²) in [7, 11) is 0. The highest BCUT2D eigenvalue weighted by atomic mass is 79.9. The van der Waals surface area contributed by atoms with Crippen LogP contribution < -0.4 is 0 Å². The fourth-order valence-electron chi connectivity index (χ4n) is 2.64. The molecule has 1 fully saturated rings. The molecule has 1 amide bonds. The van der Waals surface area contributed by atoms with Crippen molar-refractivity contribution < 1.29 is 9.18 Å². The van der Waals surface area contributed by atoms with Gasteiger partial charge in [0.05, 0.1) is 0 Å². The van der Waals surface area contributed by atoms with Crippen LogP contribution in [0.4, 0.5) is 4.39 Å². The third-order valence-electron chi connectivity index (χ3n) is 3.47. The van der Waals surface area contributed by atoms with Gasteiger partial charge in [0.2, 0.25) is 0 Å². The highest BCUT2D eigenvalue weighted by Crippen LogP contribution is 2.19. The standard InChI is InChI=1S/C16H22BrFN2O/c1-16(2,3)11-19-4-6-20(7-5-19)15(21)12-8-13(17)10-14(18)9-12/h8-10H,4-7,11H2,1-3H3. The SMILES string of the molecule is CC(C)(C)CN1CCN(C(=O)c2cc(F)cc(Br)c2)CC1. The second kappa shape index (κ2) is 6.44. The van der Waals surface area contributed by atoms with E-state index in [9.17, 15) is 9.18 Å². The van der Waals surface area contributed by atoms with Gasteiger partial charge in [0, 0.05) is 42.8 Å². The van der Waals surface area contributed by atoms with Crippen LogP contribution in [0.3, 0.4) is 0 Å². The molecule has 1 heterocycles. The Kier molecular flexibility index (Phi) is 5.04. The lowest BCUT2D eigenvalue weighted by molar-refractivity contribution is 0.0591. The smallest absolute Gasteiger partial charge is 0.254 e. The van der Waals surface area contributed by atoms with Crippen molar-refractivity contribution in [2.75, 3.05) is 32.7 Å². The van der Waals surface area contributed by atoms with E-state index in [1.54, 1.807) is 11.0 Å². The molecule has 0 bridgehead atoms. The van der Waals surface area contributed by atoms with E-state index in [1.165, 1.54) is 12.1 Å². The number of nitrogens with zero attached hydrogens (tertiary/aromatic N) is 2. The number of hydrogen-bond donors (Lipinski definition) is 0. The number of halogens is 2. The Morgan fingerprint density at radius 3 is 2.33 bits per heavy atom. The zero-order valence-electron chi connectivity index (χ0n) is 12.8. The van der Waals surface area contributed by atoms with Gasteiger partial charge < -0.3 is 4.90 Å². The molecule has 0 unspecified atom stereocenters. The third kappa shape index (κ3) is 4.78. The van der Waals surface area contributed by atoms with Gasteiger partial charge >= 0.3 is 0 Å². The van der Waals surface area contributed by atoms with Crippen molar-refractivity contribution in [3.05, 3.63) is 34.1 Å². The van der Waals surface area contributed by atoms with Crippen LogP contribution in [0.15, 0.2) is 22.7 Å². The van der Waals surface area contributed by atoms with Crippen molar-refractivity contribution >= 4 is 21.8 Å². The molecule has 0 aliphatic carbocycles. The van der Waals surface area contributed by atoms with E-state index in [2.05, 4.69) is 41.6 Å². The number of amides is 1. The lowest BCUT2D eigenvalue weighted by Gasteiger charge is -2.37. The Hall–Kier alpha value is -0.940. The van der Waals surface area contributed by atoms with Gasteiger partial charge in [0.1, 0.15) is 5.82 Å². The number of carbonyl (C=O) groups is 1. The van der Waals surface area contributed by atoms with Gasteiger partial charge in [0.15, 0.2) is 0 Å². The number of carbonyl (C=O) groups excluding carboxylic acids is 1. The van der Waals surface area contributed by atoms with Crippen LogP contribution >= 0.6 is 15.9 Å². The highest BCUT2D eigenvalue weighted by molar-refractivity contribution is 9.10. The van der Waals surface area contributed by atoms with Crippen molar-refractivity contribution in [1.82, 2.24) is 9.80 Å². The van der Waals surface area contributed by atoms with Crippen LogP contribution in [0, 0.1) is 11.2 Å². The molecule has 5 heteroatoms. The van der Waals surface area contributed by atoms with E-state index in [4.69, 9.17) is 0 Å². The van der Waals surface area contributed by atoms with Gasteiger partial charge in [-0.3, -0.25) is 9.69 Å². The molecule has 3 nitrogen and oxygen atoms in total. The maximum absolute atomic E-state index is 13.4. The average molecular weight is 357 g/mol. The molecular formula is C16H22BrFN2O. The summed E-state index contributed by atoms with van der Waals surface area (Å²) in [5.74, 6) is -0.482. The maximum Gasteiger partial charge on any atom is 0.254 e. The van der Waals surface area contributed by atoms with Crippen LogP contribution in [-0.4, -0.2) is 48.4 Å². The van der Waals surface area contributed by atoms with Gasteiger partial charge in [-0.05, 0) is 23.6 Å². The minimum absolute atomic E-state index is 0.0920. The van der Waals surface area contributed by atoms with Crippen molar-refractivity contribution in [2.24, 2.45) is 5.41 Å². The van der Waals surface area contributed by atoms with Gasteiger partial charge in [0.25, 0.3) is 5.91 Å². The molecule has 1 aliphatic heterocycles. The van der Waals surface area contributed by atoms with Crippen molar-refractivity contribution in [3.63, 3.8) is 0 Å². The Balaban J connectivity index is 1.97. The Labute approximate surface area is 134 Å². The summed E-state index contributed by atoms with van der Waals surface area (Å²) >= 11 is 3.23. The molecule has 0 aromatic heterocycles. The minimum atomic E-state index is -0.390. The summed E-state index contributed by atoms with van der Waals surface area (Å²) in [6, 6.07) is 4.33. The Bertz CT molecular complexity index is 499. The van der Waals surface area contributed by atoms with Crippen molar-refractivity contribution in [1.29, 1.82) is 0 Å². The maximum atomic E-state index is 13.4. The molecule has 0 atom stereocenters. The Morgan fingerprint density at radius 2 is 1.81 bits per heavy atom. The topological polar surface area (TPSA) is 23.6 Å². The fourth-order valence-corrected chi connectivity index (χ4v) is 3.11. The predicted octanol–water partition coefficient (Wildman–Crippen LogP) is 3.39. The average Bonchev–Trinajstić information content (AvgIpc) is 2.35. The highest BCUT2D eigenvalue weighted by Gasteiger charge is 2.25. The summed E-state index contributed by atoms with van der Waals surface area (Å²) in [5, 5.41) is 0. The zero-order valence-corrected chi connectivity index (χ0v) is 14.4. The fraction of sp³-hybridized carbons (Fsp3) is 0.562. The van der Waals surface area contributed by atoms with Gasteiger partial charge in [-0.1, -0.05) is 36.7 Å².